The lowest BCUT2D eigenvalue weighted by Gasteiger charge is -2.29. The van der Waals surface area contributed by atoms with Crippen molar-refractivity contribution in [1.29, 1.82) is 0 Å². The number of fused-ring (bicyclic) bond motifs is 1. The maximum atomic E-state index is 12.1. The molecule has 0 unspecified atom stereocenters. The molecule has 1 aromatic heterocycles. The first-order valence-corrected chi connectivity index (χ1v) is 9.97. The number of thiophene rings is 1. The first kappa shape index (κ1) is 17.9. The van der Waals surface area contributed by atoms with Gasteiger partial charge in [0.15, 0.2) is 0 Å². The largest absolute Gasteiger partial charge is 0.478 e. The molecular formula is C20H31NO2S. The smallest absolute Gasteiger partial charge is 0.337 e. The Balaban J connectivity index is 2.05. The van der Waals surface area contributed by atoms with Gasteiger partial charge in [0.2, 0.25) is 0 Å². The molecule has 1 aromatic rings. The molecule has 134 valence electrons. The van der Waals surface area contributed by atoms with Gasteiger partial charge in [0, 0.05) is 9.75 Å². The van der Waals surface area contributed by atoms with E-state index in [0.717, 1.165) is 42.7 Å². The van der Waals surface area contributed by atoms with Gasteiger partial charge in [-0.25, -0.2) is 4.79 Å². The molecular weight excluding hydrogens is 318 g/mol. The third kappa shape index (κ3) is 3.28. The van der Waals surface area contributed by atoms with Crippen molar-refractivity contribution < 1.29 is 9.90 Å². The summed E-state index contributed by atoms with van der Waals surface area (Å²) in [6, 6.07) is 0. The van der Waals surface area contributed by atoms with Crippen LogP contribution in [0.1, 0.15) is 78.6 Å². The summed E-state index contributed by atoms with van der Waals surface area (Å²) in [5.41, 5.74) is 2.32. The van der Waals surface area contributed by atoms with Crippen LogP contribution in [0.25, 0.3) is 0 Å². The van der Waals surface area contributed by atoms with Gasteiger partial charge in [-0.3, -0.25) is 0 Å². The summed E-state index contributed by atoms with van der Waals surface area (Å²) in [7, 11) is 2.00. The molecule has 0 saturated heterocycles. The molecule has 0 aromatic carbocycles. The number of carboxylic acid groups (broad SMARTS) is 1. The van der Waals surface area contributed by atoms with E-state index in [1.54, 1.807) is 0 Å². The molecule has 3 rings (SSSR count). The van der Waals surface area contributed by atoms with Crippen molar-refractivity contribution in [2.75, 3.05) is 13.6 Å². The van der Waals surface area contributed by atoms with E-state index in [1.807, 2.05) is 18.4 Å². The molecule has 2 aliphatic rings. The Morgan fingerprint density at radius 2 is 1.96 bits per heavy atom. The van der Waals surface area contributed by atoms with Crippen molar-refractivity contribution in [3.63, 3.8) is 0 Å². The van der Waals surface area contributed by atoms with Crippen LogP contribution in [0.15, 0.2) is 0 Å². The van der Waals surface area contributed by atoms with Crippen molar-refractivity contribution in [3.05, 3.63) is 20.9 Å². The Morgan fingerprint density at radius 3 is 2.58 bits per heavy atom. The van der Waals surface area contributed by atoms with E-state index < -0.39 is 5.97 Å². The van der Waals surface area contributed by atoms with E-state index in [4.69, 9.17) is 0 Å². The zero-order valence-corrected chi connectivity index (χ0v) is 16.5. The second-order valence-electron chi connectivity index (χ2n) is 9.39. The fraction of sp³-hybridized carbons (Fsp3) is 0.750. The van der Waals surface area contributed by atoms with Gasteiger partial charge in [0.25, 0.3) is 0 Å². The van der Waals surface area contributed by atoms with Crippen molar-refractivity contribution in [1.82, 2.24) is 5.32 Å². The molecule has 2 atom stereocenters. The highest BCUT2D eigenvalue weighted by Crippen LogP contribution is 2.54. The third-order valence-electron chi connectivity index (χ3n) is 5.98. The van der Waals surface area contributed by atoms with Gasteiger partial charge < -0.3 is 10.4 Å². The standard InChI is InChI=1S/C20H31NO2S/c1-19(2)7-6-15-14(10-19)16(18(22)23)17(24-15)13-9-20(3,4)8-12(13)11-21-5/h12-13,21H,6-11H2,1-5H3,(H,22,23)/t12-,13-/m1/s1. The fourth-order valence-corrected chi connectivity index (χ4v) is 6.42. The molecule has 1 fully saturated rings. The number of aromatic carboxylic acids is 1. The van der Waals surface area contributed by atoms with Gasteiger partial charge >= 0.3 is 5.97 Å². The van der Waals surface area contributed by atoms with Crippen molar-refractivity contribution in [3.8, 4) is 0 Å². The quantitative estimate of drug-likeness (QED) is 0.828. The fourth-order valence-electron chi connectivity index (χ4n) is 4.92. The maximum Gasteiger partial charge on any atom is 0.337 e. The van der Waals surface area contributed by atoms with Gasteiger partial charge in [-0.1, -0.05) is 27.7 Å². The number of aryl methyl sites for hydroxylation is 1. The van der Waals surface area contributed by atoms with Crippen molar-refractivity contribution in [2.24, 2.45) is 16.7 Å². The van der Waals surface area contributed by atoms with Crippen LogP contribution in [-0.2, 0) is 12.8 Å². The Morgan fingerprint density at radius 1 is 1.25 bits per heavy atom. The molecule has 0 spiro atoms. The summed E-state index contributed by atoms with van der Waals surface area (Å²) in [6.45, 7) is 10.2. The summed E-state index contributed by atoms with van der Waals surface area (Å²) in [5, 5.41) is 13.3. The molecule has 1 saturated carbocycles. The van der Waals surface area contributed by atoms with Crippen LogP contribution < -0.4 is 5.32 Å². The van der Waals surface area contributed by atoms with Gasteiger partial charge in [-0.2, -0.15) is 0 Å². The summed E-state index contributed by atoms with van der Waals surface area (Å²) < 4.78 is 0. The first-order chi connectivity index (χ1) is 11.1. The SMILES string of the molecule is CNC[C@H]1CC(C)(C)C[C@H]1c1sc2c(c1C(=O)O)CC(C)(C)CC2. The van der Waals surface area contributed by atoms with E-state index in [1.165, 1.54) is 11.3 Å². The number of hydrogen-bond donors (Lipinski definition) is 2. The molecule has 0 amide bonds. The van der Waals surface area contributed by atoms with Crippen LogP contribution >= 0.6 is 11.3 Å². The number of carbonyl (C=O) groups is 1. The first-order valence-electron chi connectivity index (χ1n) is 9.16. The minimum Gasteiger partial charge on any atom is -0.478 e. The van der Waals surface area contributed by atoms with Crippen LogP contribution in [0.5, 0.6) is 0 Å². The van der Waals surface area contributed by atoms with Crippen molar-refractivity contribution >= 4 is 17.3 Å². The lowest BCUT2D eigenvalue weighted by atomic mass is 9.75. The van der Waals surface area contributed by atoms with E-state index in [0.29, 0.717) is 22.8 Å². The second-order valence-corrected chi connectivity index (χ2v) is 10.5. The minimum atomic E-state index is -0.715. The highest BCUT2D eigenvalue weighted by molar-refractivity contribution is 7.12. The molecule has 4 heteroatoms. The van der Waals surface area contributed by atoms with E-state index in [9.17, 15) is 9.90 Å². The van der Waals surface area contributed by atoms with E-state index >= 15 is 0 Å². The van der Waals surface area contributed by atoms with Crippen molar-refractivity contribution in [2.45, 2.75) is 65.7 Å². The van der Waals surface area contributed by atoms with Crippen LogP contribution in [-0.4, -0.2) is 24.7 Å². The molecule has 24 heavy (non-hydrogen) atoms. The Labute approximate surface area is 149 Å². The maximum absolute atomic E-state index is 12.1. The number of rotatable bonds is 4. The molecule has 0 radical (unpaired) electrons. The Hall–Kier alpha value is -0.870. The third-order valence-corrected chi connectivity index (χ3v) is 7.40. The normalized spacial score (nSPS) is 27.9. The average molecular weight is 350 g/mol. The average Bonchev–Trinajstić information content (AvgIpc) is 2.94. The summed E-state index contributed by atoms with van der Waals surface area (Å²) in [6.07, 6.45) is 5.39. The Kier molecular flexibility index (Phi) is 4.59. The summed E-state index contributed by atoms with van der Waals surface area (Å²) in [5.74, 6) is 0.210. The van der Waals surface area contributed by atoms with Crippen LogP contribution in [0.2, 0.25) is 0 Å². The molecule has 2 N–H and O–H groups in total. The van der Waals surface area contributed by atoms with Crippen LogP contribution in [0.3, 0.4) is 0 Å². The lowest BCUT2D eigenvalue weighted by Crippen LogP contribution is -2.23. The highest BCUT2D eigenvalue weighted by atomic mass is 32.1. The molecule has 1 heterocycles. The monoisotopic (exact) mass is 349 g/mol. The lowest BCUT2D eigenvalue weighted by molar-refractivity contribution is 0.0693. The molecule has 2 aliphatic carbocycles. The number of carboxylic acids is 1. The molecule has 3 nitrogen and oxygen atoms in total. The molecule has 0 aliphatic heterocycles. The zero-order valence-electron chi connectivity index (χ0n) is 15.7. The molecule has 0 bridgehead atoms. The van der Waals surface area contributed by atoms with Gasteiger partial charge in [0.05, 0.1) is 5.56 Å². The van der Waals surface area contributed by atoms with Crippen LogP contribution in [0, 0.1) is 16.7 Å². The highest BCUT2D eigenvalue weighted by Gasteiger charge is 2.43. The minimum absolute atomic E-state index is 0.217. The van der Waals surface area contributed by atoms with E-state index in [-0.39, 0.29) is 5.41 Å². The summed E-state index contributed by atoms with van der Waals surface area (Å²) >= 11 is 1.81. The second kappa shape index (κ2) is 6.14. The Bertz CT molecular complexity index is 644. The topological polar surface area (TPSA) is 49.3 Å². The van der Waals surface area contributed by atoms with Crippen LogP contribution in [0.4, 0.5) is 0 Å². The van der Waals surface area contributed by atoms with Gasteiger partial charge in [-0.15, -0.1) is 11.3 Å². The summed E-state index contributed by atoms with van der Waals surface area (Å²) in [4.78, 5) is 14.6. The van der Waals surface area contributed by atoms with Gasteiger partial charge in [0.1, 0.15) is 0 Å². The predicted octanol–water partition coefficient (Wildman–Crippen LogP) is 4.70. The zero-order chi connectivity index (χ0) is 17.7. The van der Waals surface area contributed by atoms with Gasteiger partial charge in [-0.05, 0) is 73.9 Å². The number of hydrogen-bond acceptors (Lipinski definition) is 3. The number of nitrogens with one attached hydrogen (secondary N) is 1. The predicted molar refractivity (Wildman–Crippen MR) is 100 cm³/mol. The van der Waals surface area contributed by atoms with E-state index in [2.05, 4.69) is 33.0 Å².